The molecule has 0 saturated carbocycles. The van der Waals surface area contributed by atoms with E-state index in [4.69, 9.17) is 12.2 Å². The Bertz CT molecular complexity index is 569. The molecule has 1 aromatic carbocycles. The smallest absolute Gasteiger partial charge is 0.0788 e. The Morgan fingerprint density at radius 1 is 1.41 bits per heavy atom. The maximum atomic E-state index is 5.66. The predicted octanol–water partition coefficient (Wildman–Crippen LogP) is 1.76. The second-order valence-electron chi connectivity index (χ2n) is 3.91. The number of nitrogens with zero attached hydrogens (tertiary/aromatic N) is 2. The molecule has 1 heterocycles. The number of pyridine rings is 1. The van der Waals surface area contributed by atoms with Crippen LogP contribution in [0.5, 0.6) is 0 Å². The molecule has 1 aromatic heterocycles. The lowest BCUT2D eigenvalue weighted by molar-refractivity contribution is 0.990. The van der Waals surface area contributed by atoms with E-state index in [2.05, 4.69) is 10.9 Å². The summed E-state index contributed by atoms with van der Waals surface area (Å²) < 4.78 is 0. The summed E-state index contributed by atoms with van der Waals surface area (Å²) in [4.78, 5) is 6.52. The lowest BCUT2D eigenvalue weighted by Gasteiger charge is -2.19. The molecule has 0 amide bonds. The molecule has 0 radical (unpaired) electrons. The van der Waals surface area contributed by atoms with E-state index in [9.17, 15) is 0 Å². The molecule has 0 aliphatic carbocycles. The topological polar surface area (TPSA) is 42.1 Å². The molecule has 0 saturated heterocycles. The zero-order chi connectivity index (χ0) is 12.3. The van der Waals surface area contributed by atoms with Crippen LogP contribution < -0.4 is 10.6 Å². The van der Waals surface area contributed by atoms with E-state index >= 15 is 0 Å². The Balaban J connectivity index is 2.63. The molecule has 0 bridgehead atoms. The molecular weight excluding hydrogens is 210 g/mol. The lowest BCUT2D eigenvalue weighted by atomic mass is 10.1. The van der Waals surface area contributed by atoms with Gasteiger partial charge in [0.2, 0.25) is 0 Å². The number of aromatic nitrogens is 1. The molecule has 86 valence electrons. The van der Waals surface area contributed by atoms with Crippen molar-refractivity contribution in [3.05, 3.63) is 36.0 Å². The van der Waals surface area contributed by atoms with Gasteiger partial charge in [0.15, 0.2) is 0 Å². The fourth-order valence-corrected chi connectivity index (χ4v) is 1.85. The largest absolute Gasteiger partial charge is 0.363 e. The number of hydrogen-bond donors (Lipinski definition) is 1. The van der Waals surface area contributed by atoms with Gasteiger partial charge in [-0.2, -0.15) is 0 Å². The van der Waals surface area contributed by atoms with Crippen molar-refractivity contribution in [2.75, 3.05) is 18.5 Å². The van der Waals surface area contributed by atoms with Gasteiger partial charge in [-0.1, -0.05) is 24.1 Å². The first-order chi connectivity index (χ1) is 8.26. The van der Waals surface area contributed by atoms with Gasteiger partial charge < -0.3 is 10.6 Å². The Kier molecular flexibility index (Phi) is 3.27. The van der Waals surface area contributed by atoms with Crippen molar-refractivity contribution >= 4 is 16.6 Å². The highest BCUT2D eigenvalue weighted by atomic mass is 15.1. The molecule has 2 aromatic rings. The van der Waals surface area contributed by atoms with Gasteiger partial charge >= 0.3 is 0 Å². The SMILES string of the molecule is C#CCN(C)c1cc(CN)nc2ccccc12. The molecule has 2 rings (SSSR count). The Morgan fingerprint density at radius 2 is 2.18 bits per heavy atom. The summed E-state index contributed by atoms with van der Waals surface area (Å²) in [7, 11) is 1.97. The summed E-state index contributed by atoms with van der Waals surface area (Å²) in [5, 5.41) is 1.10. The number of fused-ring (bicyclic) bond motifs is 1. The summed E-state index contributed by atoms with van der Waals surface area (Å²) in [5.74, 6) is 2.64. The molecule has 17 heavy (non-hydrogen) atoms. The van der Waals surface area contributed by atoms with Gasteiger partial charge in [-0.05, 0) is 12.1 Å². The maximum absolute atomic E-state index is 5.66. The highest BCUT2D eigenvalue weighted by molar-refractivity contribution is 5.91. The Hall–Kier alpha value is -2.05. The minimum atomic E-state index is 0.432. The first kappa shape index (κ1) is 11.4. The summed E-state index contributed by atoms with van der Waals surface area (Å²) in [5.41, 5.74) is 8.57. The van der Waals surface area contributed by atoms with Gasteiger partial charge in [-0.25, -0.2) is 0 Å². The molecule has 0 fully saturated rings. The molecule has 2 N–H and O–H groups in total. The van der Waals surface area contributed by atoms with Crippen molar-refractivity contribution in [1.29, 1.82) is 0 Å². The predicted molar refractivity (Wildman–Crippen MR) is 71.7 cm³/mol. The van der Waals surface area contributed by atoms with E-state index in [0.717, 1.165) is 22.3 Å². The summed E-state index contributed by atoms with van der Waals surface area (Å²) >= 11 is 0. The van der Waals surface area contributed by atoms with Crippen LogP contribution in [0.3, 0.4) is 0 Å². The van der Waals surface area contributed by atoms with Crippen LogP contribution >= 0.6 is 0 Å². The van der Waals surface area contributed by atoms with E-state index in [1.807, 2.05) is 42.3 Å². The number of nitrogens with two attached hydrogens (primary N) is 1. The van der Waals surface area contributed by atoms with Crippen molar-refractivity contribution in [2.45, 2.75) is 6.54 Å². The van der Waals surface area contributed by atoms with Crippen LogP contribution in [-0.4, -0.2) is 18.6 Å². The van der Waals surface area contributed by atoms with Gasteiger partial charge in [-0.15, -0.1) is 6.42 Å². The Labute approximate surface area is 101 Å². The number of hydrogen-bond acceptors (Lipinski definition) is 3. The van der Waals surface area contributed by atoms with E-state index in [1.54, 1.807) is 0 Å². The second kappa shape index (κ2) is 4.86. The molecule has 3 heteroatoms. The van der Waals surface area contributed by atoms with Crippen LogP contribution in [0.25, 0.3) is 10.9 Å². The van der Waals surface area contributed by atoms with Gasteiger partial charge in [0.05, 0.1) is 17.8 Å². The number of anilines is 1. The molecule has 0 aliphatic heterocycles. The molecule has 0 aliphatic rings. The maximum Gasteiger partial charge on any atom is 0.0788 e. The fraction of sp³-hybridized carbons (Fsp3) is 0.214. The van der Waals surface area contributed by atoms with Crippen LogP contribution in [-0.2, 0) is 6.54 Å². The minimum Gasteiger partial charge on any atom is -0.363 e. The second-order valence-corrected chi connectivity index (χ2v) is 3.91. The first-order valence-electron chi connectivity index (χ1n) is 5.49. The Morgan fingerprint density at radius 3 is 2.88 bits per heavy atom. The number of rotatable bonds is 3. The van der Waals surface area contributed by atoms with Crippen molar-refractivity contribution < 1.29 is 0 Å². The molecular formula is C14H15N3. The normalized spacial score (nSPS) is 10.2. The lowest BCUT2D eigenvalue weighted by Crippen LogP contribution is -2.18. The van der Waals surface area contributed by atoms with E-state index in [-0.39, 0.29) is 0 Å². The number of para-hydroxylation sites is 1. The fourth-order valence-electron chi connectivity index (χ4n) is 1.85. The quantitative estimate of drug-likeness (QED) is 0.809. The van der Waals surface area contributed by atoms with Gasteiger partial charge in [0.1, 0.15) is 0 Å². The van der Waals surface area contributed by atoms with Crippen LogP contribution in [0.4, 0.5) is 5.69 Å². The van der Waals surface area contributed by atoms with E-state index < -0.39 is 0 Å². The van der Waals surface area contributed by atoms with Gasteiger partial charge in [0, 0.05) is 24.7 Å². The highest BCUT2D eigenvalue weighted by Crippen LogP contribution is 2.25. The summed E-state index contributed by atoms with van der Waals surface area (Å²) in [6, 6.07) is 10.0. The van der Waals surface area contributed by atoms with Crippen molar-refractivity contribution in [1.82, 2.24) is 4.98 Å². The van der Waals surface area contributed by atoms with Crippen LogP contribution in [0, 0.1) is 12.3 Å². The highest BCUT2D eigenvalue weighted by Gasteiger charge is 2.07. The molecule has 0 spiro atoms. The number of benzene rings is 1. The molecule has 0 unspecified atom stereocenters. The first-order valence-corrected chi connectivity index (χ1v) is 5.49. The summed E-state index contributed by atoms with van der Waals surface area (Å²) in [6.07, 6.45) is 5.35. The molecule has 3 nitrogen and oxygen atoms in total. The molecule has 0 atom stereocenters. The van der Waals surface area contributed by atoms with Crippen molar-refractivity contribution in [2.24, 2.45) is 5.73 Å². The third-order valence-electron chi connectivity index (χ3n) is 2.70. The third kappa shape index (κ3) is 2.22. The minimum absolute atomic E-state index is 0.432. The zero-order valence-corrected chi connectivity index (χ0v) is 9.85. The monoisotopic (exact) mass is 225 g/mol. The zero-order valence-electron chi connectivity index (χ0n) is 9.85. The van der Waals surface area contributed by atoms with Gasteiger partial charge in [0.25, 0.3) is 0 Å². The van der Waals surface area contributed by atoms with E-state index in [1.165, 1.54) is 0 Å². The third-order valence-corrected chi connectivity index (χ3v) is 2.70. The van der Waals surface area contributed by atoms with Crippen molar-refractivity contribution in [3.8, 4) is 12.3 Å². The van der Waals surface area contributed by atoms with Crippen LogP contribution in [0.1, 0.15) is 5.69 Å². The van der Waals surface area contributed by atoms with Crippen LogP contribution in [0.15, 0.2) is 30.3 Å². The average Bonchev–Trinajstić information content (AvgIpc) is 2.37. The van der Waals surface area contributed by atoms with Crippen LogP contribution in [0.2, 0.25) is 0 Å². The van der Waals surface area contributed by atoms with Gasteiger partial charge in [-0.3, -0.25) is 4.98 Å². The standard InChI is InChI=1S/C14H15N3/c1-3-8-17(2)14-9-11(10-15)16-13-7-5-4-6-12(13)14/h1,4-7,9H,8,10,15H2,2H3. The summed E-state index contributed by atoms with van der Waals surface area (Å²) in [6.45, 7) is 1.000. The van der Waals surface area contributed by atoms with E-state index in [0.29, 0.717) is 13.1 Å². The van der Waals surface area contributed by atoms with Crippen molar-refractivity contribution in [3.63, 3.8) is 0 Å². The average molecular weight is 225 g/mol. The number of terminal acetylenes is 1.